The summed E-state index contributed by atoms with van der Waals surface area (Å²) in [7, 11) is -3.42. The zero-order chi connectivity index (χ0) is 18.7. The molecule has 1 saturated heterocycles. The second-order valence-electron chi connectivity index (χ2n) is 6.28. The minimum atomic E-state index is -3.42. The van der Waals surface area contributed by atoms with Crippen LogP contribution in [0.25, 0.3) is 11.3 Å². The van der Waals surface area contributed by atoms with Gasteiger partial charge in [-0.25, -0.2) is 13.4 Å². The number of hydrogen-bond acceptors (Lipinski definition) is 6. The standard InChI is InChI=1S/C19H19N3O3S2/c23-27(24,22-10-4-5-11-22)17-8-9-19(20-13-17)26-14-16-12-18(21-25-16)15-6-2-1-3-7-15/h1-3,6-9,12-13H,4-5,10-11,14H2. The van der Waals surface area contributed by atoms with Gasteiger partial charge in [0.15, 0.2) is 0 Å². The molecular formula is C19H19N3O3S2. The van der Waals surface area contributed by atoms with E-state index in [4.69, 9.17) is 4.52 Å². The first-order chi connectivity index (χ1) is 13.1. The van der Waals surface area contributed by atoms with Crippen molar-refractivity contribution in [1.82, 2.24) is 14.4 Å². The van der Waals surface area contributed by atoms with Crippen LogP contribution in [0.3, 0.4) is 0 Å². The molecule has 2 aromatic heterocycles. The number of thioether (sulfide) groups is 1. The monoisotopic (exact) mass is 401 g/mol. The molecule has 0 unspecified atom stereocenters. The summed E-state index contributed by atoms with van der Waals surface area (Å²) in [5, 5.41) is 4.84. The number of nitrogens with zero attached hydrogens (tertiary/aromatic N) is 3. The van der Waals surface area contributed by atoms with Gasteiger partial charge >= 0.3 is 0 Å². The lowest BCUT2D eigenvalue weighted by atomic mass is 10.1. The predicted molar refractivity (Wildman–Crippen MR) is 104 cm³/mol. The Morgan fingerprint density at radius 3 is 2.56 bits per heavy atom. The molecule has 4 rings (SSSR count). The Hall–Kier alpha value is -2.16. The molecule has 1 aliphatic rings. The number of pyridine rings is 1. The molecule has 0 amide bonds. The van der Waals surface area contributed by atoms with E-state index in [1.54, 1.807) is 12.1 Å². The van der Waals surface area contributed by atoms with Gasteiger partial charge in [-0.2, -0.15) is 4.31 Å². The van der Waals surface area contributed by atoms with Gasteiger partial charge in [-0.05, 0) is 25.0 Å². The molecule has 6 nitrogen and oxygen atoms in total. The summed E-state index contributed by atoms with van der Waals surface area (Å²) in [6, 6.07) is 15.1. The average Bonchev–Trinajstić information content (AvgIpc) is 3.40. The van der Waals surface area contributed by atoms with Crippen LogP contribution in [0.4, 0.5) is 0 Å². The summed E-state index contributed by atoms with van der Waals surface area (Å²) in [5.41, 5.74) is 1.80. The van der Waals surface area contributed by atoms with Crippen molar-refractivity contribution in [2.75, 3.05) is 13.1 Å². The summed E-state index contributed by atoms with van der Waals surface area (Å²) in [5.74, 6) is 1.32. The molecule has 1 aliphatic heterocycles. The van der Waals surface area contributed by atoms with E-state index in [0.29, 0.717) is 18.8 Å². The van der Waals surface area contributed by atoms with Crippen LogP contribution in [-0.2, 0) is 15.8 Å². The molecule has 0 aliphatic carbocycles. The topological polar surface area (TPSA) is 76.3 Å². The maximum atomic E-state index is 12.5. The van der Waals surface area contributed by atoms with Crippen LogP contribution in [0.1, 0.15) is 18.6 Å². The van der Waals surface area contributed by atoms with Crippen LogP contribution in [0.15, 0.2) is 69.2 Å². The van der Waals surface area contributed by atoms with E-state index in [0.717, 1.165) is 34.9 Å². The van der Waals surface area contributed by atoms with Gasteiger partial charge in [0, 0.05) is 30.9 Å². The number of benzene rings is 1. The highest BCUT2D eigenvalue weighted by atomic mass is 32.2. The highest BCUT2D eigenvalue weighted by molar-refractivity contribution is 7.98. The molecule has 140 valence electrons. The third kappa shape index (κ3) is 4.07. The first-order valence-electron chi connectivity index (χ1n) is 8.73. The van der Waals surface area contributed by atoms with Gasteiger partial charge in [0.25, 0.3) is 0 Å². The van der Waals surface area contributed by atoms with Crippen molar-refractivity contribution in [1.29, 1.82) is 0 Å². The Morgan fingerprint density at radius 2 is 1.85 bits per heavy atom. The molecule has 0 bridgehead atoms. The molecule has 0 atom stereocenters. The van der Waals surface area contributed by atoms with Crippen LogP contribution in [0, 0.1) is 0 Å². The molecule has 27 heavy (non-hydrogen) atoms. The fourth-order valence-electron chi connectivity index (χ4n) is 2.95. The Morgan fingerprint density at radius 1 is 1.07 bits per heavy atom. The van der Waals surface area contributed by atoms with E-state index < -0.39 is 10.0 Å². The van der Waals surface area contributed by atoms with Crippen LogP contribution < -0.4 is 0 Å². The second kappa shape index (κ2) is 7.84. The average molecular weight is 402 g/mol. The van der Waals surface area contributed by atoms with Crippen molar-refractivity contribution in [3.8, 4) is 11.3 Å². The van der Waals surface area contributed by atoms with E-state index in [2.05, 4.69) is 10.1 Å². The van der Waals surface area contributed by atoms with Gasteiger partial charge in [0.1, 0.15) is 16.3 Å². The highest BCUT2D eigenvalue weighted by Crippen LogP contribution is 2.26. The predicted octanol–water partition coefficient (Wildman–Crippen LogP) is 3.81. The lowest BCUT2D eigenvalue weighted by Gasteiger charge is -2.15. The van der Waals surface area contributed by atoms with E-state index >= 15 is 0 Å². The Balaban J connectivity index is 1.40. The van der Waals surface area contributed by atoms with E-state index in [9.17, 15) is 8.42 Å². The number of sulfonamides is 1. The van der Waals surface area contributed by atoms with Crippen molar-refractivity contribution in [3.63, 3.8) is 0 Å². The maximum Gasteiger partial charge on any atom is 0.244 e. The molecule has 3 aromatic rings. The minimum absolute atomic E-state index is 0.250. The molecule has 8 heteroatoms. The van der Waals surface area contributed by atoms with Crippen LogP contribution in [0.5, 0.6) is 0 Å². The summed E-state index contributed by atoms with van der Waals surface area (Å²) in [6.07, 6.45) is 3.28. The van der Waals surface area contributed by atoms with Crippen molar-refractivity contribution < 1.29 is 12.9 Å². The summed E-state index contributed by atoms with van der Waals surface area (Å²) in [4.78, 5) is 4.54. The Bertz CT molecular complexity index is 996. The highest BCUT2D eigenvalue weighted by Gasteiger charge is 2.27. The Labute approximate surface area is 162 Å². The molecule has 0 N–H and O–H groups in total. The van der Waals surface area contributed by atoms with Crippen LogP contribution in [-0.4, -0.2) is 36.0 Å². The van der Waals surface area contributed by atoms with Crippen molar-refractivity contribution >= 4 is 21.8 Å². The van der Waals surface area contributed by atoms with Gasteiger partial charge in [0.05, 0.1) is 10.8 Å². The largest absolute Gasteiger partial charge is 0.360 e. The smallest absolute Gasteiger partial charge is 0.244 e. The third-order valence-electron chi connectivity index (χ3n) is 4.40. The zero-order valence-electron chi connectivity index (χ0n) is 14.6. The van der Waals surface area contributed by atoms with Crippen molar-refractivity contribution in [2.24, 2.45) is 0 Å². The second-order valence-corrected chi connectivity index (χ2v) is 9.21. The first kappa shape index (κ1) is 18.2. The molecule has 3 heterocycles. The fraction of sp³-hybridized carbons (Fsp3) is 0.263. The number of hydrogen-bond donors (Lipinski definition) is 0. The number of aromatic nitrogens is 2. The molecule has 0 spiro atoms. The minimum Gasteiger partial charge on any atom is -0.360 e. The first-order valence-corrected chi connectivity index (χ1v) is 11.2. The third-order valence-corrected chi connectivity index (χ3v) is 7.25. The fourth-order valence-corrected chi connectivity index (χ4v) is 5.13. The van der Waals surface area contributed by atoms with Crippen molar-refractivity contribution in [3.05, 3.63) is 60.5 Å². The normalized spacial score (nSPS) is 15.3. The van der Waals surface area contributed by atoms with Gasteiger partial charge in [-0.1, -0.05) is 47.3 Å². The molecule has 0 saturated carbocycles. The lowest BCUT2D eigenvalue weighted by molar-refractivity contribution is 0.397. The van der Waals surface area contributed by atoms with E-state index in [-0.39, 0.29) is 4.90 Å². The molecular weight excluding hydrogens is 382 g/mol. The molecule has 0 radical (unpaired) electrons. The van der Waals surface area contributed by atoms with Gasteiger partial charge in [-0.3, -0.25) is 0 Å². The summed E-state index contributed by atoms with van der Waals surface area (Å²) in [6.45, 7) is 1.18. The quantitative estimate of drug-likeness (QED) is 0.585. The summed E-state index contributed by atoms with van der Waals surface area (Å²) < 4.78 is 31.9. The zero-order valence-corrected chi connectivity index (χ0v) is 16.2. The van der Waals surface area contributed by atoms with Crippen LogP contribution in [0.2, 0.25) is 0 Å². The van der Waals surface area contributed by atoms with Gasteiger partial charge < -0.3 is 4.52 Å². The van der Waals surface area contributed by atoms with Crippen LogP contribution >= 0.6 is 11.8 Å². The molecule has 1 fully saturated rings. The Kier molecular flexibility index (Phi) is 5.29. The van der Waals surface area contributed by atoms with Crippen molar-refractivity contribution in [2.45, 2.75) is 28.5 Å². The number of rotatable bonds is 6. The van der Waals surface area contributed by atoms with Gasteiger partial charge in [-0.15, -0.1) is 0 Å². The lowest BCUT2D eigenvalue weighted by Crippen LogP contribution is -2.27. The van der Waals surface area contributed by atoms with E-state index in [1.807, 2.05) is 36.4 Å². The maximum absolute atomic E-state index is 12.5. The molecule has 1 aromatic carbocycles. The summed E-state index contributed by atoms with van der Waals surface area (Å²) >= 11 is 1.48. The van der Waals surface area contributed by atoms with E-state index in [1.165, 1.54) is 22.3 Å². The SMILES string of the molecule is O=S(=O)(c1ccc(SCc2cc(-c3ccccc3)no2)nc1)N1CCCC1. The van der Waals surface area contributed by atoms with Gasteiger partial charge in [0.2, 0.25) is 10.0 Å².